The molecule has 1 heterocycles. The van der Waals surface area contributed by atoms with Crippen molar-refractivity contribution in [2.45, 2.75) is 27.7 Å². The number of hydrogen-bond donors (Lipinski definition) is 1. The van der Waals surface area contributed by atoms with Crippen molar-refractivity contribution < 1.29 is 9.18 Å². The van der Waals surface area contributed by atoms with Crippen LogP contribution in [0.3, 0.4) is 0 Å². The van der Waals surface area contributed by atoms with Crippen LogP contribution in [-0.2, 0) is 0 Å². The summed E-state index contributed by atoms with van der Waals surface area (Å²) in [6, 6.07) is 10.5. The highest BCUT2D eigenvalue weighted by Gasteiger charge is 2.17. The Hall–Kier alpha value is -3.02. The lowest BCUT2D eigenvalue weighted by atomic mass is 10.1. The smallest absolute Gasteiger partial charge is 0.278 e. The van der Waals surface area contributed by atoms with Crippen LogP contribution in [0.4, 0.5) is 10.1 Å². The van der Waals surface area contributed by atoms with E-state index < -0.39 is 5.91 Å². The fourth-order valence-electron chi connectivity index (χ4n) is 2.59. The molecule has 128 valence electrons. The number of amides is 1. The Morgan fingerprint density at radius 1 is 1.00 bits per heavy atom. The number of carbonyl (C=O) groups is 1. The highest BCUT2D eigenvalue weighted by Crippen LogP contribution is 2.17. The van der Waals surface area contributed by atoms with Gasteiger partial charge >= 0.3 is 0 Å². The monoisotopic (exact) mass is 338 g/mol. The van der Waals surface area contributed by atoms with Gasteiger partial charge in [0.05, 0.1) is 11.4 Å². The molecule has 0 aliphatic carbocycles. The van der Waals surface area contributed by atoms with Crippen LogP contribution in [0.5, 0.6) is 0 Å². The summed E-state index contributed by atoms with van der Waals surface area (Å²) < 4.78 is 13.6. The molecule has 1 N–H and O–H groups in total. The first kappa shape index (κ1) is 16.8. The number of benzene rings is 2. The van der Waals surface area contributed by atoms with Gasteiger partial charge < -0.3 is 5.32 Å². The summed E-state index contributed by atoms with van der Waals surface area (Å²) in [5.41, 5.74) is 4.59. The van der Waals surface area contributed by atoms with Gasteiger partial charge in [-0.05, 0) is 57.0 Å². The first-order valence-corrected chi connectivity index (χ1v) is 7.94. The van der Waals surface area contributed by atoms with E-state index in [4.69, 9.17) is 0 Å². The van der Waals surface area contributed by atoms with E-state index in [-0.39, 0.29) is 11.5 Å². The molecule has 0 atom stereocenters. The maximum Gasteiger partial charge on any atom is 0.278 e. The lowest BCUT2D eigenvalue weighted by Gasteiger charge is -2.06. The van der Waals surface area contributed by atoms with Gasteiger partial charge in [0.25, 0.3) is 5.91 Å². The van der Waals surface area contributed by atoms with Crippen LogP contribution in [0.25, 0.3) is 5.69 Å². The van der Waals surface area contributed by atoms with E-state index in [1.165, 1.54) is 10.9 Å². The van der Waals surface area contributed by atoms with Crippen LogP contribution in [0.1, 0.15) is 32.9 Å². The number of carbonyl (C=O) groups excluding carboxylic acids is 1. The van der Waals surface area contributed by atoms with Crippen molar-refractivity contribution in [1.29, 1.82) is 0 Å². The average Bonchev–Trinajstić information content (AvgIpc) is 2.92. The van der Waals surface area contributed by atoms with E-state index in [1.807, 2.05) is 32.0 Å². The lowest BCUT2D eigenvalue weighted by Crippen LogP contribution is -2.14. The average molecular weight is 338 g/mol. The highest BCUT2D eigenvalue weighted by atomic mass is 19.1. The van der Waals surface area contributed by atoms with E-state index in [1.54, 1.807) is 26.0 Å². The summed E-state index contributed by atoms with van der Waals surface area (Å²) in [5, 5.41) is 11.3. The molecule has 0 saturated carbocycles. The zero-order chi connectivity index (χ0) is 18.1. The van der Waals surface area contributed by atoms with Crippen molar-refractivity contribution in [1.82, 2.24) is 15.0 Å². The maximum absolute atomic E-state index is 13.6. The molecule has 0 radical (unpaired) electrons. The number of rotatable bonds is 3. The third-order valence-corrected chi connectivity index (χ3v) is 3.99. The van der Waals surface area contributed by atoms with Crippen LogP contribution in [0, 0.1) is 33.5 Å². The second kappa shape index (κ2) is 6.47. The van der Waals surface area contributed by atoms with Crippen molar-refractivity contribution >= 4 is 11.6 Å². The highest BCUT2D eigenvalue weighted by molar-refractivity contribution is 6.03. The molecule has 1 aromatic heterocycles. The van der Waals surface area contributed by atoms with Crippen LogP contribution in [0.2, 0.25) is 0 Å². The number of halogens is 1. The van der Waals surface area contributed by atoms with E-state index >= 15 is 0 Å². The molecule has 5 nitrogen and oxygen atoms in total. The second-order valence-electron chi connectivity index (χ2n) is 6.13. The summed E-state index contributed by atoms with van der Waals surface area (Å²) in [7, 11) is 0. The van der Waals surface area contributed by atoms with Crippen molar-refractivity contribution in [2.75, 3.05) is 5.32 Å². The SMILES string of the molecule is Cc1ccc(-n2nc(C)c(C(=O)Nc3ccc(C)c(F)c3)n2)c(C)c1. The van der Waals surface area contributed by atoms with E-state index in [0.29, 0.717) is 16.9 Å². The fourth-order valence-corrected chi connectivity index (χ4v) is 2.59. The molecule has 25 heavy (non-hydrogen) atoms. The van der Waals surface area contributed by atoms with Crippen LogP contribution in [-0.4, -0.2) is 20.9 Å². The van der Waals surface area contributed by atoms with Gasteiger partial charge in [0.1, 0.15) is 5.82 Å². The molecule has 0 unspecified atom stereocenters. The molecule has 0 aliphatic rings. The van der Waals surface area contributed by atoms with E-state index in [2.05, 4.69) is 15.5 Å². The maximum atomic E-state index is 13.6. The molecular formula is C19H19FN4O. The molecule has 3 aromatic rings. The molecule has 1 amide bonds. The fraction of sp³-hybridized carbons (Fsp3) is 0.211. The van der Waals surface area contributed by atoms with Crippen molar-refractivity contribution in [2.24, 2.45) is 0 Å². The van der Waals surface area contributed by atoms with Gasteiger partial charge in [0, 0.05) is 5.69 Å². The summed E-state index contributed by atoms with van der Waals surface area (Å²) in [5.74, 6) is -0.787. The standard InChI is InChI=1S/C19H19FN4O/c1-11-5-8-17(13(3)9-11)24-22-14(4)18(23-24)19(25)21-15-7-6-12(2)16(20)10-15/h5-10H,1-4H3,(H,21,25). The number of nitrogens with zero attached hydrogens (tertiary/aromatic N) is 3. The second-order valence-corrected chi connectivity index (χ2v) is 6.13. The molecule has 3 rings (SSSR count). The van der Waals surface area contributed by atoms with Gasteiger partial charge in [-0.2, -0.15) is 9.90 Å². The minimum Gasteiger partial charge on any atom is -0.320 e. The Labute approximate surface area is 145 Å². The number of aromatic nitrogens is 3. The summed E-state index contributed by atoms with van der Waals surface area (Å²) in [4.78, 5) is 13.9. The Bertz CT molecular complexity index is 962. The zero-order valence-electron chi connectivity index (χ0n) is 14.6. The first-order chi connectivity index (χ1) is 11.8. The number of aryl methyl sites for hydroxylation is 4. The number of nitrogens with one attached hydrogen (secondary N) is 1. The molecule has 0 saturated heterocycles. The summed E-state index contributed by atoms with van der Waals surface area (Å²) in [6.45, 7) is 7.37. The molecule has 0 bridgehead atoms. The van der Waals surface area contributed by atoms with Gasteiger partial charge in [-0.25, -0.2) is 4.39 Å². The Balaban J connectivity index is 1.89. The molecule has 2 aromatic carbocycles. The molecule has 0 fully saturated rings. The quantitative estimate of drug-likeness (QED) is 0.788. The molecule has 0 spiro atoms. The van der Waals surface area contributed by atoms with Gasteiger partial charge in [0.15, 0.2) is 5.69 Å². The minimum absolute atomic E-state index is 0.209. The topological polar surface area (TPSA) is 59.8 Å². The normalized spacial score (nSPS) is 10.8. The van der Waals surface area contributed by atoms with Crippen LogP contribution in [0.15, 0.2) is 36.4 Å². The third-order valence-electron chi connectivity index (χ3n) is 3.99. The summed E-state index contributed by atoms with van der Waals surface area (Å²) >= 11 is 0. The minimum atomic E-state index is -0.420. The predicted octanol–water partition coefficient (Wildman–Crippen LogP) is 3.89. The van der Waals surface area contributed by atoms with Gasteiger partial charge in [-0.15, -0.1) is 5.10 Å². The molecular weight excluding hydrogens is 319 g/mol. The first-order valence-electron chi connectivity index (χ1n) is 7.94. The van der Waals surface area contributed by atoms with Crippen molar-refractivity contribution in [3.63, 3.8) is 0 Å². The van der Waals surface area contributed by atoms with Crippen molar-refractivity contribution in [3.05, 3.63) is 70.3 Å². The Morgan fingerprint density at radius 3 is 2.44 bits per heavy atom. The van der Waals surface area contributed by atoms with Gasteiger partial charge in [-0.3, -0.25) is 4.79 Å². The van der Waals surface area contributed by atoms with Gasteiger partial charge in [-0.1, -0.05) is 23.8 Å². The lowest BCUT2D eigenvalue weighted by molar-refractivity contribution is 0.102. The Morgan fingerprint density at radius 2 is 1.76 bits per heavy atom. The number of anilines is 1. The summed E-state index contributed by atoms with van der Waals surface area (Å²) in [6.07, 6.45) is 0. The largest absolute Gasteiger partial charge is 0.320 e. The molecule has 6 heteroatoms. The predicted molar refractivity (Wildman–Crippen MR) is 94.7 cm³/mol. The van der Waals surface area contributed by atoms with Crippen LogP contribution < -0.4 is 5.32 Å². The van der Waals surface area contributed by atoms with Crippen molar-refractivity contribution in [3.8, 4) is 5.69 Å². The van der Waals surface area contributed by atoms with Crippen LogP contribution >= 0.6 is 0 Å². The zero-order valence-corrected chi connectivity index (χ0v) is 14.6. The number of hydrogen-bond acceptors (Lipinski definition) is 3. The van der Waals surface area contributed by atoms with E-state index in [9.17, 15) is 9.18 Å². The van der Waals surface area contributed by atoms with E-state index in [0.717, 1.165) is 16.8 Å². The Kier molecular flexibility index (Phi) is 4.35. The third kappa shape index (κ3) is 3.42. The van der Waals surface area contributed by atoms with Gasteiger partial charge in [0.2, 0.25) is 0 Å². The molecule has 0 aliphatic heterocycles.